The zero-order valence-corrected chi connectivity index (χ0v) is 10.6. The first-order valence-electron chi connectivity index (χ1n) is 5.77. The predicted octanol–water partition coefficient (Wildman–Crippen LogP) is 2.82. The molecule has 0 heterocycles. The molecule has 0 unspecified atom stereocenters. The van der Waals surface area contributed by atoms with Crippen molar-refractivity contribution in [1.82, 2.24) is 5.32 Å². The summed E-state index contributed by atoms with van der Waals surface area (Å²) in [6, 6.07) is 5.16. The number of halogens is 1. The van der Waals surface area contributed by atoms with Crippen LogP contribution < -0.4 is 5.32 Å². The van der Waals surface area contributed by atoms with Gasteiger partial charge in [-0.25, -0.2) is 4.39 Å². The molecular weight excluding hydrogens is 217 g/mol. The van der Waals surface area contributed by atoms with Crippen molar-refractivity contribution < 1.29 is 9.13 Å². The summed E-state index contributed by atoms with van der Waals surface area (Å²) in [6.07, 6.45) is 0. The quantitative estimate of drug-likeness (QED) is 0.581. The second-order valence-electron chi connectivity index (χ2n) is 4.27. The maximum absolute atomic E-state index is 13.0. The maximum atomic E-state index is 13.0. The largest absolute Gasteiger partial charge is 0.376 e. The van der Waals surface area contributed by atoms with Gasteiger partial charge in [-0.3, -0.25) is 0 Å². The summed E-state index contributed by atoms with van der Waals surface area (Å²) in [4.78, 5) is 0. The fraction of sp³-hybridized carbons (Fsp3) is 0.429. The minimum atomic E-state index is -0.154. The number of hydrogen-bond acceptors (Lipinski definition) is 2. The van der Waals surface area contributed by atoms with Crippen LogP contribution >= 0.6 is 0 Å². The van der Waals surface area contributed by atoms with Crippen LogP contribution in [0.2, 0.25) is 0 Å². The Labute approximate surface area is 102 Å². The van der Waals surface area contributed by atoms with Gasteiger partial charge in [0, 0.05) is 13.1 Å². The van der Waals surface area contributed by atoms with Crippen LogP contribution in [0.5, 0.6) is 0 Å². The topological polar surface area (TPSA) is 21.3 Å². The number of aryl methyl sites for hydroxylation is 1. The van der Waals surface area contributed by atoms with Gasteiger partial charge < -0.3 is 10.1 Å². The van der Waals surface area contributed by atoms with Crippen molar-refractivity contribution in [1.29, 1.82) is 0 Å². The predicted molar refractivity (Wildman–Crippen MR) is 68.5 cm³/mol. The smallest absolute Gasteiger partial charge is 0.126 e. The van der Waals surface area contributed by atoms with Gasteiger partial charge in [0.1, 0.15) is 5.82 Å². The number of benzene rings is 1. The monoisotopic (exact) mass is 237 g/mol. The van der Waals surface area contributed by atoms with Gasteiger partial charge in [-0.1, -0.05) is 24.3 Å². The lowest BCUT2D eigenvalue weighted by Gasteiger charge is -2.07. The van der Waals surface area contributed by atoms with Crippen LogP contribution in [0, 0.1) is 12.7 Å². The lowest BCUT2D eigenvalue weighted by Crippen LogP contribution is -2.19. The molecule has 0 aliphatic rings. The molecule has 0 spiro atoms. The minimum Gasteiger partial charge on any atom is -0.376 e. The molecule has 1 aromatic rings. The third-order valence-corrected chi connectivity index (χ3v) is 2.32. The van der Waals surface area contributed by atoms with Gasteiger partial charge >= 0.3 is 0 Å². The summed E-state index contributed by atoms with van der Waals surface area (Å²) in [6.45, 7) is 10.3. The normalized spacial score (nSPS) is 10.5. The minimum absolute atomic E-state index is 0.154. The number of ether oxygens (including phenoxy) is 1. The van der Waals surface area contributed by atoms with Gasteiger partial charge in [-0.05, 0) is 31.0 Å². The van der Waals surface area contributed by atoms with Crippen molar-refractivity contribution in [3.63, 3.8) is 0 Å². The highest BCUT2D eigenvalue weighted by atomic mass is 19.1. The van der Waals surface area contributed by atoms with Crippen molar-refractivity contribution in [2.45, 2.75) is 20.4 Å². The highest BCUT2D eigenvalue weighted by molar-refractivity contribution is 5.23. The van der Waals surface area contributed by atoms with E-state index in [2.05, 4.69) is 11.9 Å². The average Bonchev–Trinajstić information content (AvgIpc) is 2.27. The highest BCUT2D eigenvalue weighted by Crippen LogP contribution is 2.08. The molecule has 0 atom stereocenters. The standard InChI is InChI=1S/C14H20FNO/c1-11(2)10-17-7-6-16-9-13-4-5-14(15)12(3)8-13/h4-5,8,16H,1,6-7,9-10H2,2-3H3. The second kappa shape index (κ2) is 7.20. The van der Waals surface area contributed by atoms with E-state index < -0.39 is 0 Å². The summed E-state index contributed by atoms with van der Waals surface area (Å²) in [5, 5.41) is 3.24. The number of nitrogens with one attached hydrogen (secondary N) is 1. The Bertz CT molecular complexity index is 376. The second-order valence-corrected chi connectivity index (χ2v) is 4.27. The Balaban J connectivity index is 2.18. The molecule has 3 heteroatoms. The van der Waals surface area contributed by atoms with E-state index >= 15 is 0 Å². The maximum Gasteiger partial charge on any atom is 0.126 e. The van der Waals surface area contributed by atoms with Gasteiger partial charge in [0.2, 0.25) is 0 Å². The van der Waals surface area contributed by atoms with E-state index in [0.29, 0.717) is 18.8 Å². The lowest BCUT2D eigenvalue weighted by atomic mass is 10.1. The molecule has 0 aliphatic carbocycles. The molecule has 0 saturated carbocycles. The van der Waals surface area contributed by atoms with E-state index in [0.717, 1.165) is 24.2 Å². The van der Waals surface area contributed by atoms with Gasteiger partial charge in [0.25, 0.3) is 0 Å². The van der Waals surface area contributed by atoms with Gasteiger partial charge in [0.15, 0.2) is 0 Å². The highest BCUT2D eigenvalue weighted by Gasteiger charge is 1.98. The van der Waals surface area contributed by atoms with E-state index in [1.54, 1.807) is 13.0 Å². The molecule has 0 fully saturated rings. The van der Waals surface area contributed by atoms with E-state index in [9.17, 15) is 4.39 Å². The molecule has 94 valence electrons. The van der Waals surface area contributed by atoms with E-state index in [1.807, 2.05) is 13.0 Å². The number of hydrogen-bond donors (Lipinski definition) is 1. The first kappa shape index (κ1) is 13.9. The van der Waals surface area contributed by atoms with Crippen LogP contribution in [0.15, 0.2) is 30.4 Å². The van der Waals surface area contributed by atoms with Crippen LogP contribution in [0.1, 0.15) is 18.1 Å². The zero-order chi connectivity index (χ0) is 12.7. The molecule has 1 N–H and O–H groups in total. The SMILES string of the molecule is C=C(C)COCCNCc1ccc(F)c(C)c1. The third kappa shape index (κ3) is 5.61. The Morgan fingerprint density at radius 1 is 1.47 bits per heavy atom. The third-order valence-electron chi connectivity index (χ3n) is 2.32. The summed E-state index contributed by atoms with van der Waals surface area (Å²) in [5.74, 6) is -0.154. The van der Waals surface area contributed by atoms with Crippen LogP contribution in [0.4, 0.5) is 4.39 Å². The van der Waals surface area contributed by atoms with E-state index in [-0.39, 0.29) is 5.82 Å². The Morgan fingerprint density at radius 2 is 2.24 bits per heavy atom. The van der Waals surface area contributed by atoms with E-state index in [1.165, 1.54) is 6.07 Å². The fourth-order valence-electron chi connectivity index (χ4n) is 1.44. The van der Waals surface area contributed by atoms with E-state index in [4.69, 9.17) is 4.74 Å². The molecule has 0 radical (unpaired) electrons. The Morgan fingerprint density at radius 3 is 2.88 bits per heavy atom. The van der Waals surface area contributed by atoms with Gasteiger partial charge in [-0.2, -0.15) is 0 Å². The van der Waals surface area contributed by atoms with Crippen molar-refractivity contribution >= 4 is 0 Å². The van der Waals surface area contributed by atoms with Crippen molar-refractivity contribution in [3.8, 4) is 0 Å². The van der Waals surface area contributed by atoms with Gasteiger partial charge in [-0.15, -0.1) is 0 Å². The van der Waals surface area contributed by atoms with Crippen LogP contribution in [-0.4, -0.2) is 19.8 Å². The van der Waals surface area contributed by atoms with Crippen molar-refractivity contribution in [2.24, 2.45) is 0 Å². The molecular formula is C14H20FNO. The van der Waals surface area contributed by atoms with Crippen LogP contribution in [-0.2, 0) is 11.3 Å². The molecule has 1 rings (SSSR count). The zero-order valence-electron chi connectivity index (χ0n) is 10.6. The first-order valence-corrected chi connectivity index (χ1v) is 5.77. The first-order chi connectivity index (χ1) is 8.09. The summed E-state index contributed by atoms with van der Waals surface area (Å²) in [5.41, 5.74) is 2.80. The summed E-state index contributed by atoms with van der Waals surface area (Å²) in [7, 11) is 0. The summed E-state index contributed by atoms with van der Waals surface area (Å²) >= 11 is 0. The summed E-state index contributed by atoms with van der Waals surface area (Å²) < 4.78 is 18.4. The molecule has 0 aliphatic heterocycles. The molecule has 0 saturated heterocycles. The number of rotatable bonds is 7. The van der Waals surface area contributed by atoms with Crippen molar-refractivity contribution in [3.05, 3.63) is 47.3 Å². The van der Waals surface area contributed by atoms with Crippen LogP contribution in [0.3, 0.4) is 0 Å². The molecule has 0 amide bonds. The van der Waals surface area contributed by atoms with Crippen LogP contribution in [0.25, 0.3) is 0 Å². The molecule has 0 aromatic heterocycles. The Kier molecular flexibility index (Phi) is 5.87. The average molecular weight is 237 g/mol. The molecule has 2 nitrogen and oxygen atoms in total. The fourth-order valence-corrected chi connectivity index (χ4v) is 1.44. The molecule has 1 aromatic carbocycles. The molecule has 0 bridgehead atoms. The molecule has 17 heavy (non-hydrogen) atoms. The van der Waals surface area contributed by atoms with Gasteiger partial charge in [0.05, 0.1) is 13.2 Å². The Hall–Kier alpha value is -1.19. The van der Waals surface area contributed by atoms with Crippen molar-refractivity contribution in [2.75, 3.05) is 19.8 Å². The lowest BCUT2D eigenvalue weighted by molar-refractivity contribution is 0.158.